The first kappa shape index (κ1) is 17.2. The van der Waals surface area contributed by atoms with Gasteiger partial charge in [-0.1, -0.05) is 0 Å². The van der Waals surface area contributed by atoms with Crippen molar-refractivity contribution < 1.29 is 4.74 Å². The minimum absolute atomic E-state index is 0.131. The predicted octanol–water partition coefficient (Wildman–Crippen LogP) is 1.45. The predicted molar refractivity (Wildman–Crippen MR) is 95.6 cm³/mol. The number of pyridine rings is 1. The number of rotatable bonds is 6. The Labute approximate surface area is 147 Å². The average molecular weight is 343 g/mol. The van der Waals surface area contributed by atoms with Crippen LogP contribution < -0.4 is 15.4 Å². The number of guanidine groups is 1. The number of nitrogens with one attached hydrogen (secondary N) is 2. The maximum absolute atomic E-state index is 5.63. The molecule has 0 saturated heterocycles. The molecule has 0 aliphatic carbocycles. The number of fused-ring (bicyclic) bond motifs is 1. The van der Waals surface area contributed by atoms with E-state index in [2.05, 4.69) is 37.6 Å². The third-order valence-electron chi connectivity index (χ3n) is 3.90. The molecule has 0 amide bonds. The number of aryl methyl sites for hydroxylation is 2. The van der Waals surface area contributed by atoms with Crippen LogP contribution in [0.2, 0.25) is 0 Å². The summed E-state index contributed by atoms with van der Waals surface area (Å²) < 4.78 is 7.62. The van der Waals surface area contributed by atoms with Crippen LogP contribution in [0.1, 0.15) is 37.5 Å². The van der Waals surface area contributed by atoms with Gasteiger partial charge in [-0.15, -0.1) is 0 Å². The first-order chi connectivity index (χ1) is 12.3. The summed E-state index contributed by atoms with van der Waals surface area (Å²) in [4.78, 5) is 13.2. The van der Waals surface area contributed by atoms with E-state index in [9.17, 15) is 0 Å². The number of ether oxygens (including phenoxy) is 1. The molecule has 3 heterocycles. The van der Waals surface area contributed by atoms with Crippen molar-refractivity contribution >= 4 is 5.96 Å². The SMILES string of the molecule is CCNC(=NCCOc1cccnc1)NC1CCCn2nc(C)nc21. The molecular formula is C17H25N7O. The third-order valence-corrected chi connectivity index (χ3v) is 3.90. The van der Waals surface area contributed by atoms with E-state index in [1.54, 1.807) is 12.4 Å². The van der Waals surface area contributed by atoms with E-state index in [4.69, 9.17) is 4.74 Å². The van der Waals surface area contributed by atoms with Gasteiger partial charge in [0.15, 0.2) is 5.96 Å². The lowest BCUT2D eigenvalue weighted by atomic mass is 10.1. The summed E-state index contributed by atoms with van der Waals surface area (Å²) >= 11 is 0. The van der Waals surface area contributed by atoms with Crippen LogP contribution in [-0.2, 0) is 6.54 Å². The number of nitrogens with zero attached hydrogens (tertiary/aromatic N) is 5. The molecule has 3 rings (SSSR count). The van der Waals surface area contributed by atoms with E-state index in [1.165, 1.54) is 0 Å². The van der Waals surface area contributed by atoms with Gasteiger partial charge >= 0.3 is 0 Å². The highest BCUT2D eigenvalue weighted by Crippen LogP contribution is 2.22. The lowest BCUT2D eigenvalue weighted by Crippen LogP contribution is -2.41. The number of hydrogen-bond donors (Lipinski definition) is 2. The molecule has 2 N–H and O–H groups in total. The van der Waals surface area contributed by atoms with Gasteiger partial charge in [-0.2, -0.15) is 5.10 Å². The van der Waals surface area contributed by atoms with Crippen LogP contribution >= 0.6 is 0 Å². The zero-order chi connectivity index (χ0) is 17.5. The Bertz CT molecular complexity index is 698. The van der Waals surface area contributed by atoms with Gasteiger partial charge in [-0.05, 0) is 38.8 Å². The summed E-state index contributed by atoms with van der Waals surface area (Å²) in [5, 5.41) is 11.2. The van der Waals surface area contributed by atoms with Crippen molar-refractivity contribution in [2.24, 2.45) is 4.99 Å². The van der Waals surface area contributed by atoms with Crippen molar-refractivity contribution in [3.05, 3.63) is 36.2 Å². The van der Waals surface area contributed by atoms with Crippen molar-refractivity contribution in [3.63, 3.8) is 0 Å². The molecule has 0 saturated carbocycles. The first-order valence-corrected chi connectivity index (χ1v) is 8.75. The molecule has 134 valence electrons. The molecule has 0 radical (unpaired) electrons. The van der Waals surface area contributed by atoms with Gasteiger partial charge in [-0.25, -0.2) is 14.7 Å². The molecule has 0 fully saturated rings. The third kappa shape index (κ3) is 4.68. The second kappa shape index (κ2) is 8.46. The highest BCUT2D eigenvalue weighted by Gasteiger charge is 2.24. The maximum atomic E-state index is 5.63. The number of aliphatic imine (C=N–C) groups is 1. The Balaban J connectivity index is 1.57. The topological polar surface area (TPSA) is 89.3 Å². The molecule has 0 bridgehead atoms. The number of hydrogen-bond acceptors (Lipinski definition) is 5. The van der Waals surface area contributed by atoms with Gasteiger partial charge in [0.2, 0.25) is 0 Å². The molecule has 1 atom stereocenters. The Kier molecular flexibility index (Phi) is 5.81. The quantitative estimate of drug-likeness (QED) is 0.469. The fraction of sp³-hybridized carbons (Fsp3) is 0.529. The van der Waals surface area contributed by atoms with Crippen LogP contribution in [0.3, 0.4) is 0 Å². The summed E-state index contributed by atoms with van der Waals surface area (Å²) in [5.74, 6) is 3.33. The smallest absolute Gasteiger partial charge is 0.191 e. The molecular weight excluding hydrogens is 318 g/mol. The molecule has 1 unspecified atom stereocenters. The van der Waals surface area contributed by atoms with Crippen molar-refractivity contribution in [2.45, 2.75) is 39.3 Å². The largest absolute Gasteiger partial charge is 0.490 e. The molecule has 0 aromatic carbocycles. The minimum atomic E-state index is 0.131. The first-order valence-electron chi connectivity index (χ1n) is 8.75. The molecule has 25 heavy (non-hydrogen) atoms. The van der Waals surface area contributed by atoms with E-state index in [0.29, 0.717) is 13.2 Å². The molecule has 1 aliphatic heterocycles. The fourth-order valence-electron chi connectivity index (χ4n) is 2.84. The summed E-state index contributed by atoms with van der Waals surface area (Å²) in [7, 11) is 0. The zero-order valence-corrected chi connectivity index (χ0v) is 14.8. The van der Waals surface area contributed by atoms with Crippen LogP contribution in [0.4, 0.5) is 0 Å². The van der Waals surface area contributed by atoms with Gasteiger partial charge in [0.25, 0.3) is 0 Å². The maximum Gasteiger partial charge on any atom is 0.191 e. The van der Waals surface area contributed by atoms with Gasteiger partial charge in [-0.3, -0.25) is 4.98 Å². The lowest BCUT2D eigenvalue weighted by molar-refractivity contribution is 0.327. The second-order valence-electron chi connectivity index (χ2n) is 5.88. The lowest BCUT2D eigenvalue weighted by Gasteiger charge is -2.25. The molecule has 8 nitrogen and oxygen atoms in total. The van der Waals surface area contributed by atoms with Crippen molar-refractivity contribution in [2.75, 3.05) is 19.7 Å². The van der Waals surface area contributed by atoms with Crippen molar-refractivity contribution in [1.82, 2.24) is 30.4 Å². The van der Waals surface area contributed by atoms with Crippen molar-refractivity contribution in [3.8, 4) is 5.75 Å². The summed E-state index contributed by atoms with van der Waals surface area (Å²) in [6, 6.07) is 3.87. The Morgan fingerprint density at radius 2 is 2.40 bits per heavy atom. The van der Waals surface area contributed by atoms with Crippen LogP contribution in [0.15, 0.2) is 29.5 Å². The highest BCUT2D eigenvalue weighted by molar-refractivity contribution is 5.80. The molecule has 8 heteroatoms. The van der Waals surface area contributed by atoms with Gasteiger partial charge in [0, 0.05) is 19.3 Å². The van der Waals surface area contributed by atoms with Crippen molar-refractivity contribution in [1.29, 1.82) is 0 Å². The zero-order valence-electron chi connectivity index (χ0n) is 14.8. The molecule has 2 aromatic rings. The summed E-state index contributed by atoms with van der Waals surface area (Å²) in [6.45, 7) is 6.77. The average Bonchev–Trinajstić information content (AvgIpc) is 3.01. The number of aromatic nitrogens is 4. The summed E-state index contributed by atoms with van der Waals surface area (Å²) in [5.41, 5.74) is 0. The highest BCUT2D eigenvalue weighted by atomic mass is 16.5. The molecule has 1 aliphatic rings. The van der Waals surface area contributed by atoms with E-state index in [-0.39, 0.29) is 6.04 Å². The van der Waals surface area contributed by atoms with Crippen LogP contribution in [0.5, 0.6) is 5.75 Å². The van der Waals surface area contributed by atoms with E-state index < -0.39 is 0 Å². The second-order valence-corrected chi connectivity index (χ2v) is 5.88. The fourth-order valence-corrected chi connectivity index (χ4v) is 2.84. The standard InChI is InChI=1S/C17H25N7O/c1-3-19-17(20-9-11-25-14-6-4-8-18-12-14)22-15-7-5-10-24-16(15)21-13(2)23-24/h4,6,8,12,15H,3,5,7,9-11H2,1-2H3,(H2,19,20,22). The monoisotopic (exact) mass is 343 g/mol. The Hall–Kier alpha value is -2.64. The molecule has 2 aromatic heterocycles. The van der Waals surface area contributed by atoms with E-state index >= 15 is 0 Å². The molecule has 0 spiro atoms. The van der Waals surface area contributed by atoms with E-state index in [0.717, 1.165) is 49.3 Å². The van der Waals surface area contributed by atoms with Crippen LogP contribution in [0, 0.1) is 6.92 Å². The van der Waals surface area contributed by atoms with E-state index in [1.807, 2.05) is 23.7 Å². The normalized spacial score (nSPS) is 17.0. The summed E-state index contributed by atoms with van der Waals surface area (Å²) in [6.07, 6.45) is 5.53. The van der Waals surface area contributed by atoms with Crippen LogP contribution in [0.25, 0.3) is 0 Å². The van der Waals surface area contributed by atoms with Gasteiger partial charge in [0.05, 0.1) is 18.8 Å². The Morgan fingerprint density at radius 3 is 3.20 bits per heavy atom. The van der Waals surface area contributed by atoms with Gasteiger partial charge in [0.1, 0.15) is 24.0 Å². The van der Waals surface area contributed by atoms with Gasteiger partial charge < -0.3 is 15.4 Å². The Morgan fingerprint density at radius 1 is 1.48 bits per heavy atom. The minimum Gasteiger partial charge on any atom is -0.490 e. The van der Waals surface area contributed by atoms with Crippen LogP contribution in [-0.4, -0.2) is 45.4 Å².